The number of benzene rings is 1. The smallest absolute Gasteiger partial charge is 0.325 e. The van der Waals surface area contributed by atoms with Crippen molar-refractivity contribution in [1.82, 2.24) is 10.2 Å². The third-order valence-corrected chi connectivity index (χ3v) is 4.90. The van der Waals surface area contributed by atoms with Crippen molar-refractivity contribution in [2.45, 2.75) is 18.7 Å². The molecule has 8 heteroatoms. The van der Waals surface area contributed by atoms with Gasteiger partial charge in [-0.1, -0.05) is 23.7 Å². The molecule has 1 heterocycles. The molecule has 1 atom stereocenters. The van der Waals surface area contributed by atoms with Crippen LogP contribution in [0.2, 0.25) is 5.02 Å². The Kier molecular flexibility index (Phi) is 6.93. The lowest BCUT2D eigenvalue weighted by molar-refractivity contribution is -0.143. The van der Waals surface area contributed by atoms with E-state index >= 15 is 0 Å². The van der Waals surface area contributed by atoms with Crippen molar-refractivity contribution in [3.05, 3.63) is 34.9 Å². The molecular formula is C16H19ClN2O4S. The second kappa shape index (κ2) is 8.94. The van der Waals surface area contributed by atoms with Gasteiger partial charge >= 0.3 is 5.97 Å². The lowest BCUT2D eigenvalue weighted by Crippen LogP contribution is -2.45. The molecule has 0 spiro atoms. The molecule has 6 nitrogen and oxygen atoms in total. The third-order valence-electron chi connectivity index (χ3n) is 3.38. The van der Waals surface area contributed by atoms with Gasteiger partial charge in [0.15, 0.2) is 0 Å². The normalized spacial score (nSPS) is 17.5. The van der Waals surface area contributed by atoms with Gasteiger partial charge in [-0.2, -0.15) is 0 Å². The highest BCUT2D eigenvalue weighted by molar-refractivity contribution is 7.99. The van der Waals surface area contributed by atoms with Crippen molar-refractivity contribution in [3.8, 4) is 0 Å². The van der Waals surface area contributed by atoms with Crippen LogP contribution in [0.25, 0.3) is 0 Å². The number of hydrogen-bond acceptors (Lipinski definition) is 5. The van der Waals surface area contributed by atoms with Crippen molar-refractivity contribution < 1.29 is 19.1 Å². The zero-order chi connectivity index (χ0) is 17.5. The topological polar surface area (TPSA) is 75.7 Å². The Morgan fingerprint density at radius 1 is 1.46 bits per heavy atom. The second-order valence-corrected chi connectivity index (χ2v) is 6.76. The molecule has 1 aliphatic heterocycles. The summed E-state index contributed by atoms with van der Waals surface area (Å²) >= 11 is 7.61. The Balaban J connectivity index is 2.02. The fourth-order valence-electron chi connectivity index (χ4n) is 2.32. The van der Waals surface area contributed by atoms with Gasteiger partial charge in [-0.3, -0.25) is 14.4 Å². The zero-order valence-corrected chi connectivity index (χ0v) is 14.9. The second-order valence-electron chi connectivity index (χ2n) is 5.13. The summed E-state index contributed by atoms with van der Waals surface area (Å²) in [6.07, 6.45) is 0.382. The molecule has 1 fully saturated rings. The first-order valence-corrected chi connectivity index (χ1v) is 9.02. The summed E-state index contributed by atoms with van der Waals surface area (Å²) in [4.78, 5) is 37.1. The number of amides is 2. The van der Waals surface area contributed by atoms with E-state index in [1.54, 1.807) is 30.8 Å². The molecule has 1 aromatic rings. The highest BCUT2D eigenvalue weighted by Gasteiger charge is 2.31. The standard InChI is InChI=1S/C16H19ClN2O4S/c1-2-23-15(22)9-18-13(20)10-19-14(21)6-7-24-16(19)11-4-3-5-12(17)8-11/h3-5,8,16H,2,6-7,9-10H2,1H3,(H,18,20). The lowest BCUT2D eigenvalue weighted by Gasteiger charge is -2.35. The van der Waals surface area contributed by atoms with E-state index < -0.39 is 11.9 Å². The van der Waals surface area contributed by atoms with Crippen molar-refractivity contribution in [2.75, 3.05) is 25.4 Å². The number of esters is 1. The third kappa shape index (κ3) is 5.14. The molecule has 2 amide bonds. The van der Waals surface area contributed by atoms with E-state index in [2.05, 4.69) is 5.32 Å². The van der Waals surface area contributed by atoms with Crippen LogP contribution < -0.4 is 5.32 Å². The number of carbonyl (C=O) groups excluding carboxylic acids is 3. The molecule has 0 radical (unpaired) electrons. The Bertz CT molecular complexity index is 626. The van der Waals surface area contributed by atoms with Crippen molar-refractivity contribution >= 4 is 41.1 Å². The highest BCUT2D eigenvalue weighted by atomic mass is 35.5. The fourth-order valence-corrected chi connectivity index (χ4v) is 3.75. The van der Waals surface area contributed by atoms with Crippen LogP contribution in [0.3, 0.4) is 0 Å². The SMILES string of the molecule is CCOC(=O)CNC(=O)CN1C(=O)CCSC1c1cccc(Cl)c1. The minimum absolute atomic E-state index is 0.0926. The number of carbonyl (C=O) groups is 3. The average Bonchev–Trinajstić information content (AvgIpc) is 2.55. The van der Waals surface area contributed by atoms with Gasteiger partial charge < -0.3 is 15.0 Å². The molecule has 1 unspecified atom stereocenters. The van der Waals surface area contributed by atoms with Crippen molar-refractivity contribution in [1.29, 1.82) is 0 Å². The number of thioether (sulfide) groups is 1. The van der Waals surface area contributed by atoms with Crippen LogP contribution >= 0.6 is 23.4 Å². The number of hydrogen-bond donors (Lipinski definition) is 1. The van der Waals surface area contributed by atoms with Gasteiger partial charge in [-0.15, -0.1) is 11.8 Å². The molecule has 1 aromatic carbocycles. The first kappa shape index (κ1) is 18.6. The molecular weight excluding hydrogens is 352 g/mol. The van der Waals surface area contributed by atoms with Crippen LogP contribution in [0.15, 0.2) is 24.3 Å². The van der Waals surface area contributed by atoms with E-state index in [0.29, 0.717) is 17.2 Å². The Morgan fingerprint density at radius 3 is 2.96 bits per heavy atom. The minimum Gasteiger partial charge on any atom is -0.465 e. The molecule has 0 aliphatic carbocycles. The number of ether oxygens (including phenoxy) is 1. The quantitative estimate of drug-likeness (QED) is 0.775. The molecule has 1 aliphatic rings. The molecule has 0 bridgehead atoms. The van der Waals surface area contributed by atoms with E-state index in [1.807, 2.05) is 12.1 Å². The van der Waals surface area contributed by atoms with Gasteiger partial charge in [0, 0.05) is 17.2 Å². The summed E-state index contributed by atoms with van der Waals surface area (Å²) in [5.41, 5.74) is 0.874. The van der Waals surface area contributed by atoms with Gasteiger partial charge in [0.05, 0.1) is 6.61 Å². The first-order valence-electron chi connectivity index (χ1n) is 7.60. The molecule has 130 valence electrons. The summed E-state index contributed by atoms with van der Waals surface area (Å²) < 4.78 is 4.75. The number of nitrogens with zero attached hydrogens (tertiary/aromatic N) is 1. The zero-order valence-electron chi connectivity index (χ0n) is 13.3. The summed E-state index contributed by atoms with van der Waals surface area (Å²) in [5, 5.41) is 2.79. The maximum atomic E-state index is 12.2. The van der Waals surface area contributed by atoms with Crippen molar-refractivity contribution in [2.24, 2.45) is 0 Å². The lowest BCUT2D eigenvalue weighted by atomic mass is 10.2. The van der Waals surface area contributed by atoms with E-state index in [-0.39, 0.29) is 31.0 Å². The van der Waals surface area contributed by atoms with Crippen LogP contribution in [-0.2, 0) is 19.1 Å². The predicted octanol–water partition coefficient (Wildman–Crippen LogP) is 1.98. The summed E-state index contributed by atoms with van der Waals surface area (Å²) in [7, 11) is 0. The molecule has 1 saturated heterocycles. The number of rotatable bonds is 6. The van der Waals surface area contributed by atoms with Gasteiger partial charge in [0.2, 0.25) is 11.8 Å². The van der Waals surface area contributed by atoms with E-state index in [4.69, 9.17) is 16.3 Å². The maximum absolute atomic E-state index is 12.2. The van der Waals surface area contributed by atoms with Crippen molar-refractivity contribution in [3.63, 3.8) is 0 Å². The Morgan fingerprint density at radius 2 is 2.25 bits per heavy atom. The van der Waals surface area contributed by atoms with Gasteiger partial charge in [-0.05, 0) is 24.6 Å². The van der Waals surface area contributed by atoms with Gasteiger partial charge in [0.1, 0.15) is 18.5 Å². The van der Waals surface area contributed by atoms with E-state index in [1.165, 1.54) is 4.90 Å². The maximum Gasteiger partial charge on any atom is 0.325 e. The van der Waals surface area contributed by atoms with Gasteiger partial charge in [0.25, 0.3) is 0 Å². The van der Waals surface area contributed by atoms with E-state index in [0.717, 1.165) is 5.56 Å². The largest absolute Gasteiger partial charge is 0.465 e. The Hall–Kier alpha value is -1.73. The predicted molar refractivity (Wildman–Crippen MR) is 92.6 cm³/mol. The summed E-state index contributed by atoms with van der Waals surface area (Å²) in [6.45, 7) is 1.64. The van der Waals surface area contributed by atoms with Crippen LogP contribution in [0.1, 0.15) is 24.3 Å². The van der Waals surface area contributed by atoms with Crippen LogP contribution in [0.4, 0.5) is 0 Å². The highest BCUT2D eigenvalue weighted by Crippen LogP contribution is 2.37. The monoisotopic (exact) mass is 370 g/mol. The average molecular weight is 371 g/mol. The van der Waals surface area contributed by atoms with E-state index in [9.17, 15) is 14.4 Å². The molecule has 1 N–H and O–H groups in total. The Labute approximate surface area is 149 Å². The van der Waals surface area contributed by atoms with Crippen LogP contribution in [0.5, 0.6) is 0 Å². The summed E-state index contributed by atoms with van der Waals surface area (Å²) in [5.74, 6) is -0.302. The van der Waals surface area contributed by atoms with Crippen LogP contribution in [-0.4, -0.2) is 48.1 Å². The fraction of sp³-hybridized carbons (Fsp3) is 0.438. The molecule has 2 rings (SSSR count). The molecule has 0 saturated carbocycles. The molecule has 0 aromatic heterocycles. The molecule has 24 heavy (non-hydrogen) atoms. The number of nitrogens with one attached hydrogen (secondary N) is 1. The summed E-state index contributed by atoms with van der Waals surface area (Å²) in [6, 6.07) is 7.25. The first-order chi connectivity index (χ1) is 11.5. The minimum atomic E-state index is -0.503. The van der Waals surface area contributed by atoms with Crippen LogP contribution in [0, 0.1) is 0 Å². The number of halogens is 1. The van der Waals surface area contributed by atoms with Gasteiger partial charge in [-0.25, -0.2) is 0 Å².